The summed E-state index contributed by atoms with van der Waals surface area (Å²) in [6.45, 7) is 42.6. The lowest BCUT2D eigenvalue weighted by molar-refractivity contribution is 0.103. The molecule has 442 valence electrons. The molecule has 0 aliphatic carbocycles. The van der Waals surface area contributed by atoms with E-state index < -0.39 is 0 Å². The summed E-state index contributed by atoms with van der Waals surface area (Å²) in [6, 6.07) is 57.4. The predicted molar refractivity (Wildman–Crippen MR) is 343 cm³/mol. The zero-order valence-corrected chi connectivity index (χ0v) is 53.7. The van der Waals surface area contributed by atoms with Gasteiger partial charge >= 0.3 is 0 Å². The molecule has 0 aromatic heterocycles. The molecule has 2 saturated heterocycles. The minimum atomic E-state index is 0.426. The van der Waals surface area contributed by atoms with Crippen molar-refractivity contribution in [2.75, 3.05) is 95.5 Å². The Bertz CT molecular complexity index is 1370. The number of fused-ring (bicyclic) bond motifs is 2. The topological polar surface area (TPSA) is 80.4 Å². The smallest absolute Gasteiger partial charge is 0.104 e. The van der Waals surface area contributed by atoms with Crippen LogP contribution in [0.3, 0.4) is 0 Å². The van der Waals surface area contributed by atoms with E-state index in [1.165, 1.54) is 34.4 Å². The molecule has 8 rings (SSSR count). The first-order valence-electron chi connectivity index (χ1n) is 28.5. The first-order chi connectivity index (χ1) is 37.5. The van der Waals surface area contributed by atoms with Gasteiger partial charge in [0.15, 0.2) is 0 Å². The Kier molecular flexibility index (Phi) is 115. The molecular formula is C68H122O8. The van der Waals surface area contributed by atoms with Gasteiger partial charge in [0.2, 0.25) is 0 Å². The molecule has 6 aromatic carbocycles. The Morgan fingerprint density at radius 1 is 0.276 bits per heavy atom. The summed E-state index contributed by atoms with van der Waals surface area (Å²) in [6.07, 6.45) is 3.35. The predicted octanol–water partition coefficient (Wildman–Crippen LogP) is 19.7. The molecule has 2 atom stereocenters. The van der Waals surface area contributed by atoms with Crippen molar-refractivity contribution in [1.82, 2.24) is 0 Å². The minimum absolute atomic E-state index is 0.426. The monoisotopic (exact) mass is 1070 g/mol. The quantitative estimate of drug-likeness (QED) is 0.0992. The van der Waals surface area contributed by atoms with Crippen molar-refractivity contribution in [3.63, 3.8) is 0 Å². The maximum Gasteiger partial charge on any atom is 0.104 e. The molecule has 8 nitrogen and oxygen atoms in total. The highest BCUT2D eigenvalue weighted by Crippen LogP contribution is 2.12. The third-order valence-corrected chi connectivity index (χ3v) is 7.14. The molecular weight excluding hydrogens is 945 g/mol. The van der Waals surface area contributed by atoms with E-state index in [-0.39, 0.29) is 0 Å². The van der Waals surface area contributed by atoms with Crippen LogP contribution in [-0.2, 0) is 37.9 Å². The van der Waals surface area contributed by atoms with Gasteiger partial charge in [0.05, 0.1) is 52.9 Å². The summed E-state index contributed by atoms with van der Waals surface area (Å²) >= 11 is 0. The summed E-state index contributed by atoms with van der Waals surface area (Å²) in [7, 11) is 9.97. The van der Waals surface area contributed by atoms with Gasteiger partial charge in [-0.05, 0) is 21.5 Å². The second-order valence-corrected chi connectivity index (χ2v) is 13.2. The lowest BCUT2D eigenvalue weighted by Gasteiger charge is -1.92. The van der Waals surface area contributed by atoms with Crippen LogP contribution < -0.4 is 0 Å². The van der Waals surface area contributed by atoms with Crippen molar-refractivity contribution in [2.24, 2.45) is 0 Å². The molecule has 0 saturated carbocycles. The Morgan fingerprint density at radius 3 is 0.487 bits per heavy atom. The number of methoxy groups -OCH3 is 6. The van der Waals surface area contributed by atoms with Crippen molar-refractivity contribution in [1.29, 1.82) is 0 Å². The van der Waals surface area contributed by atoms with Gasteiger partial charge in [-0.1, -0.05) is 307 Å². The van der Waals surface area contributed by atoms with E-state index in [0.29, 0.717) is 38.6 Å². The van der Waals surface area contributed by atoms with Crippen molar-refractivity contribution >= 4 is 21.5 Å². The van der Waals surface area contributed by atoms with E-state index >= 15 is 0 Å². The fourth-order valence-electron chi connectivity index (χ4n) is 4.07. The van der Waals surface area contributed by atoms with Crippen LogP contribution in [0.5, 0.6) is 0 Å². The van der Waals surface area contributed by atoms with Gasteiger partial charge in [0, 0.05) is 42.7 Å². The van der Waals surface area contributed by atoms with E-state index in [4.69, 9.17) is 18.9 Å². The highest BCUT2D eigenvalue weighted by Gasteiger charge is 2.21. The second kappa shape index (κ2) is 96.2. The molecule has 0 bridgehead atoms. The lowest BCUT2D eigenvalue weighted by Crippen LogP contribution is -1.96. The molecule has 2 aliphatic rings. The maximum atomic E-state index is 4.82. The van der Waals surface area contributed by atoms with Gasteiger partial charge in [-0.15, -0.1) is 0 Å². The van der Waals surface area contributed by atoms with Crippen LogP contribution in [0.15, 0.2) is 170 Å². The second-order valence-electron chi connectivity index (χ2n) is 13.2. The van der Waals surface area contributed by atoms with Gasteiger partial charge < -0.3 is 37.9 Å². The number of hydrogen-bond acceptors (Lipinski definition) is 8. The summed E-state index contributed by atoms with van der Waals surface area (Å²) in [4.78, 5) is 0. The van der Waals surface area contributed by atoms with E-state index in [1.807, 2.05) is 170 Å². The van der Waals surface area contributed by atoms with E-state index in [2.05, 4.69) is 144 Å². The SMILES string of the molecule is CC.CC.CC.CC.CC.CC.CC.CCC.CCC.COCC1CO1.COCC1CO1.COCCOC.COCCOC.c1ccc2ccccc2c1.c1ccc2ccccc2c1.c1ccccc1.c1ccccc1. The normalized spacial score (nSPS) is 11.2. The molecule has 0 amide bonds. The van der Waals surface area contributed by atoms with Crippen LogP contribution in [0.25, 0.3) is 21.5 Å². The van der Waals surface area contributed by atoms with Gasteiger partial charge in [0.25, 0.3) is 0 Å². The highest BCUT2D eigenvalue weighted by molar-refractivity contribution is 5.82. The molecule has 0 spiro atoms. The molecule has 76 heavy (non-hydrogen) atoms. The first-order valence-corrected chi connectivity index (χ1v) is 28.5. The summed E-state index contributed by atoms with van der Waals surface area (Å²) in [5, 5.41) is 5.24. The van der Waals surface area contributed by atoms with Gasteiger partial charge in [-0.3, -0.25) is 0 Å². The number of rotatable bonds is 10. The largest absolute Gasteiger partial charge is 0.382 e. The Balaban J connectivity index is -0.0000000927. The lowest BCUT2D eigenvalue weighted by atomic mass is 10.1. The highest BCUT2D eigenvalue weighted by atomic mass is 16.6. The fraction of sp³-hybridized carbons (Fsp3) is 0.529. The molecule has 2 aliphatic heterocycles. The third kappa shape index (κ3) is 86.2. The average molecular weight is 1070 g/mol. The van der Waals surface area contributed by atoms with Crippen molar-refractivity contribution in [2.45, 2.75) is 150 Å². The third-order valence-electron chi connectivity index (χ3n) is 7.14. The van der Waals surface area contributed by atoms with E-state index in [1.54, 1.807) is 42.7 Å². The van der Waals surface area contributed by atoms with Crippen LogP contribution in [-0.4, -0.2) is 108 Å². The van der Waals surface area contributed by atoms with Crippen LogP contribution in [0.1, 0.15) is 137 Å². The van der Waals surface area contributed by atoms with Crippen molar-refractivity contribution < 1.29 is 37.9 Å². The Morgan fingerprint density at radius 2 is 0.408 bits per heavy atom. The fourth-order valence-corrected chi connectivity index (χ4v) is 4.07. The van der Waals surface area contributed by atoms with Crippen LogP contribution in [0.4, 0.5) is 0 Å². The van der Waals surface area contributed by atoms with Crippen LogP contribution >= 0.6 is 0 Å². The first kappa shape index (κ1) is 91.0. The van der Waals surface area contributed by atoms with Crippen molar-refractivity contribution in [3.8, 4) is 0 Å². The van der Waals surface area contributed by atoms with Gasteiger partial charge in [-0.25, -0.2) is 0 Å². The van der Waals surface area contributed by atoms with Gasteiger partial charge in [-0.2, -0.15) is 0 Å². The van der Waals surface area contributed by atoms with E-state index in [9.17, 15) is 0 Å². The minimum Gasteiger partial charge on any atom is -0.382 e. The molecule has 2 unspecified atom stereocenters. The number of epoxide rings is 2. The average Bonchev–Trinajstić information content (AvgIpc) is 4.49. The van der Waals surface area contributed by atoms with Crippen LogP contribution in [0, 0.1) is 0 Å². The number of benzene rings is 6. The standard InChI is InChI=1S/2C10H8.2C6H6.2C4H8O2.2C4H10O2.2C3H8.7C2H6/c2*1-2-6-10-8-4-3-7-9(10)5-1;2*1-2-4-6-5-3-1;2*1-5-2-4-3-6-4;2*1-5-3-4-6-2;2*1-3-2;7*1-2/h2*1-8H;2*1-6H;2*4H,2-3H2,1H3;2*3-4H2,1-2H3;2*3H2,1-2H3;7*1-2H3. The molecule has 6 aromatic rings. The molecule has 0 N–H and O–H groups in total. The maximum absolute atomic E-state index is 4.82. The van der Waals surface area contributed by atoms with Crippen molar-refractivity contribution in [3.05, 3.63) is 170 Å². The Hall–Kier alpha value is -4.48. The zero-order chi connectivity index (χ0) is 60.0. The summed E-state index contributed by atoms with van der Waals surface area (Å²) < 4.78 is 37.8. The van der Waals surface area contributed by atoms with Gasteiger partial charge in [0.1, 0.15) is 12.2 Å². The summed E-state index contributed by atoms with van der Waals surface area (Å²) in [5.74, 6) is 0. The zero-order valence-electron chi connectivity index (χ0n) is 53.7. The molecule has 2 fully saturated rings. The number of ether oxygens (including phenoxy) is 8. The number of hydrogen-bond donors (Lipinski definition) is 0. The Labute approximate surface area is 472 Å². The summed E-state index contributed by atoms with van der Waals surface area (Å²) in [5.41, 5.74) is 0. The van der Waals surface area contributed by atoms with Crippen LogP contribution in [0.2, 0.25) is 0 Å². The molecule has 2 heterocycles. The van der Waals surface area contributed by atoms with E-state index in [0.717, 1.165) is 26.4 Å². The molecule has 0 radical (unpaired) electrons. The molecule has 8 heteroatoms.